The van der Waals surface area contributed by atoms with Gasteiger partial charge >= 0.3 is 0 Å². The number of aromatic hydroxyl groups is 1. The molecule has 4 rings (SSSR count). The van der Waals surface area contributed by atoms with Crippen LogP contribution < -0.4 is 4.74 Å². The van der Waals surface area contributed by atoms with Crippen molar-refractivity contribution < 1.29 is 9.84 Å². The van der Waals surface area contributed by atoms with Crippen LogP contribution in [-0.2, 0) is 6.54 Å². The lowest BCUT2D eigenvalue weighted by molar-refractivity contribution is 0.295. The molecule has 0 aliphatic heterocycles. The van der Waals surface area contributed by atoms with Crippen molar-refractivity contribution >= 4 is 37.7 Å². The monoisotopic (exact) mass is 439 g/mol. The van der Waals surface area contributed by atoms with Gasteiger partial charge in [-0.1, -0.05) is 41.9 Å². The van der Waals surface area contributed by atoms with E-state index in [4.69, 9.17) is 4.74 Å². The van der Waals surface area contributed by atoms with E-state index < -0.39 is 0 Å². The lowest BCUT2D eigenvalue weighted by Crippen LogP contribution is -2.03. The fourth-order valence-electron chi connectivity index (χ4n) is 3.29. The number of fused-ring (bicyclic) bond motifs is 2. The second-order valence-electron chi connectivity index (χ2n) is 7.35. The van der Waals surface area contributed by atoms with Crippen LogP contribution in [0, 0.1) is 5.92 Å². The van der Waals surface area contributed by atoms with Crippen molar-refractivity contribution in [3.05, 3.63) is 59.1 Å². The third-order valence-electron chi connectivity index (χ3n) is 4.71. The Morgan fingerprint density at radius 2 is 1.86 bits per heavy atom. The second-order valence-corrected chi connectivity index (χ2v) is 8.27. The van der Waals surface area contributed by atoms with Crippen molar-refractivity contribution in [1.29, 1.82) is 0 Å². The molecule has 2 heterocycles. The van der Waals surface area contributed by atoms with Crippen molar-refractivity contribution in [1.82, 2.24) is 14.5 Å². The van der Waals surface area contributed by atoms with Crippen molar-refractivity contribution in [2.75, 3.05) is 6.61 Å². The first-order chi connectivity index (χ1) is 13.5. The van der Waals surface area contributed by atoms with Gasteiger partial charge in [0.1, 0.15) is 11.0 Å². The lowest BCUT2D eigenvalue weighted by Gasteiger charge is -2.12. The lowest BCUT2D eigenvalue weighted by atomic mass is 10.1. The van der Waals surface area contributed by atoms with E-state index in [2.05, 4.69) is 56.4 Å². The average Bonchev–Trinajstić information content (AvgIpc) is 3.08. The summed E-state index contributed by atoms with van der Waals surface area (Å²) in [4.78, 5) is 8.76. The Morgan fingerprint density at radius 3 is 2.61 bits per heavy atom. The Hall–Kier alpha value is -2.60. The van der Waals surface area contributed by atoms with Crippen molar-refractivity contribution in [3.8, 4) is 11.5 Å². The number of hydrogen-bond donors (Lipinski definition) is 1. The number of nitrogens with zero attached hydrogens (tertiary/aromatic N) is 3. The molecular weight excluding hydrogens is 418 g/mol. The number of benzene rings is 2. The van der Waals surface area contributed by atoms with Gasteiger partial charge in [0.2, 0.25) is 0 Å². The van der Waals surface area contributed by atoms with Gasteiger partial charge in [-0.25, -0.2) is 9.97 Å². The minimum Gasteiger partial charge on any atom is -0.505 e. The highest BCUT2D eigenvalue weighted by atomic mass is 79.9. The molecule has 2 aromatic heterocycles. The van der Waals surface area contributed by atoms with Crippen LogP contribution in [0.2, 0.25) is 0 Å². The van der Waals surface area contributed by atoms with Crippen molar-refractivity contribution in [3.63, 3.8) is 0 Å². The van der Waals surface area contributed by atoms with E-state index in [9.17, 15) is 5.11 Å². The number of ether oxygens (including phenoxy) is 1. The highest BCUT2D eigenvalue weighted by Crippen LogP contribution is 2.40. The molecule has 0 aliphatic carbocycles. The highest BCUT2D eigenvalue weighted by molar-refractivity contribution is 9.10. The Labute approximate surface area is 172 Å². The molecule has 0 spiro atoms. The van der Waals surface area contributed by atoms with Gasteiger partial charge in [-0.05, 0) is 30.0 Å². The summed E-state index contributed by atoms with van der Waals surface area (Å²) in [5.74, 6) is 1.37. The zero-order valence-corrected chi connectivity index (χ0v) is 17.5. The van der Waals surface area contributed by atoms with E-state index in [1.54, 1.807) is 12.4 Å². The molecule has 2 aromatic carbocycles. The smallest absolute Gasteiger partial charge is 0.156 e. The summed E-state index contributed by atoms with van der Waals surface area (Å²) >= 11 is 3.52. The van der Waals surface area contributed by atoms with Gasteiger partial charge in [-0.2, -0.15) is 0 Å². The van der Waals surface area contributed by atoms with E-state index in [0.717, 1.165) is 27.2 Å². The Bertz CT molecular complexity index is 1140. The van der Waals surface area contributed by atoms with Gasteiger partial charge in [0, 0.05) is 46.6 Å². The normalized spacial score (nSPS) is 11.6. The summed E-state index contributed by atoms with van der Waals surface area (Å²) in [5.41, 5.74) is 2.23. The second kappa shape index (κ2) is 7.80. The summed E-state index contributed by atoms with van der Waals surface area (Å²) < 4.78 is 9.25. The van der Waals surface area contributed by atoms with Gasteiger partial charge in [0.05, 0.1) is 6.61 Å². The zero-order chi connectivity index (χ0) is 19.7. The van der Waals surface area contributed by atoms with Crippen molar-refractivity contribution in [2.24, 2.45) is 5.92 Å². The standard InChI is InChI=1S/C22H22BrN3O2/c1-14(2)6-9-28-22-18-13-26(11-15-4-3-5-16(23)10-15)12-17(18)21(27)19-20(22)25-8-7-24-19/h3-5,7-8,10,12-14,27H,6,9,11H2,1-2H3. The first-order valence-electron chi connectivity index (χ1n) is 9.35. The molecular formula is C22H22BrN3O2. The topological polar surface area (TPSA) is 60.2 Å². The average molecular weight is 440 g/mol. The third kappa shape index (κ3) is 3.69. The molecule has 0 unspecified atom stereocenters. The molecule has 6 heteroatoms. The zero-order valence-electron chi connectivity index (χ0n) is 15.9. The van der Waals surface area contributed by atoms with Crippen molar-refractivity contribution in [2.45, 2.75) is 26.8 Å². The predicted octanol–water partition coefficient (Wildman–Crippen LogP) is 5.53. The third-order valence-corrected chi connectivity index (χ3v) is 5.21. The van der Waals surface area contributed by atoms with Crippen LogP contribution in [0.25, 0.3) is 21.8 Å². The maximum Gasteiger partial charge on any atom is 0.156 e. The molecule has 5 nitrogen and oxygen atoms in total. The molecule has 0 bridgehead atoms. The SMILES string of the molecule is CC(C)CCOc1c2cn(Cc3cccc(Br)c3)cc2c(O)c2nccnc12. The molecule has 144 valence electrons. The van der Waals surface area contributed by atoms with E-state index in [-0.39, 0.29) is 5.75 Å². The molecule has 0 saturated heterocycles. The van der Waals surface area contributed by atoms with E-state index in [0.29, 0.717) is 35.9 Å². The summed E-state index contributed by atoms with van der Waals surface area (Å²) in [6, 6.07) is 8.19. The van der Waals surface area contributed by atoms with Gasteiger partial charge in [0.25, 0.3) is 0 Å². The minimum absolute atomic E-state index is 0.141. The highest BCUT2D eigenvalue weighted by Gasteiger charge is 2.18. The molecule has 4 aromatic rings. The summed E-state index contributed by atoms with van der Waals surface area (Å²) in [6.07, 6.45) is 8.11. The Morgan fingerprint density at radius 1 is 1.11 bits per heavy atom. The van der Waals surface area contributed by atoms with E-state index >= 15 is 0 Å². The van der Waals surface area contributed by atoms with E-state index in [1.807, 2.05) is 24.5 Å². The van der Waals surface area contributed by atoms with Crippen LogP contribution >= 0.6 is 15.9 Å². The van der Waals surface area contributed by atoms with Gasteiger partial charge in [0.15, 0.2) is 11.5 Å². The fraction of sp³-hybridized carbons (Fsp3) is 0.273. The molecule has 0 saturated carbocycles. The summed E-state index contributed by atoms with van der Waals surface area (Å²) in [5, 5.41) is 12.4. The van der Waals surface area contributed by atoms with Gasteiger partial charge in [-0.3, -0.25) is 0 Å². The Kier molecular flexibility index (Phi) is 5.22. The number of phenols is 1. The van der Waals surface area contributed by atoms with Crippen LogP contribution in [0.5, 0.6) is 11.5 Å². The molecule has 0 aliphatic rings. The first-order valence-corrected chi connectivity index (χ1v) is 10.1. The van der Waals surface area contributed by atoms with Crippen LogP contribution in [0.4, 0.5) is 0 Å². The molecule has 0 fully saturated rings. The maximum absolute atomic E-state index is 10.8. The quantitative estimate of drug-likeness (QED) is 0.429. The molecule has 0 atom stereocenters. The fourth-order valence-corrected chi connectivity index (χ4v) is 3.74. The van der Waals surface area contributed by atoms with Crippen LogP contribution in [0.3, 0.4) is 0 Å². The maximum atomic E-state index is 10.8. The minimum atomic E-state index is 0.141. The van der Waals surface area contributed by atoms with Crippen LogP contribution in [0.1, 0.15) is 25.8 Å². The number of aromatic nitrogens is 3. The summed E-state index contributed by atoms with van der Waals surface area (Å²) in [7, 11) is 0. The first kappa shape index (κ1) is 18.7. The van der Waals surface area contributed by atoms with Gasteiger partial charge < -0.3 is 14.4 Å². The predicted molar refractivity (Wildman–Crippen MR) is 115 cm³/mol. The largest absolute Gasteiger partial charge is 0.505 e. The molecule has 0 radical (unpaired) electrons. The molecule has 1 N–H and O–H groups in total. The number of phenolic OH excluding ortho intramolecular Hbond substituents is 1. The van der Waals surface area contributed by atoms with Gasteiger partial charge in [-0.15, -0.1) is 0 Å². The summed E-state index contributed by atoms with van der Waals surface area (Å²) in [6.45, 7) is 5.63. The van der Waals surface area contributed by atoms with Crippen LogP contribution in [-0.4, -0.2) is 26.2 Å². The number of rotatable bonds is 6. The molecule has 0 amide bonds. The van der Waals surface area contributed by atoms with Crippen LogP contribution in [0.15, 0.2) is 53.5 Å². The molecule has 28 heavy (non-hydrogen) atoms. The van der Waals surface area contributed by atoms with E-state index in [1.165, 1.54) is 0 Å². The number of halogens is 1. The Balaban J connectivity index is 1.81. The number of hydrogen-bond acceptors (Lipinski definition) is 4.